The molecule has 0 spiro atoms. The van der Waals surface area contributed by atoms with Gasteiger partial charge in [0, 0.05) is 0 Å². The molecule has 0 fully saturated rings. The van der Waals surface area contributed by atoms with E-state index in [9.17, 15) is 9.59 Å². The quantitative estimate of drug-likeness (QED) is 0.415. The van der Waals surface area contributed by atoms with Crippen LogP contribution < -0.4 is 0 Å². The molecule has 0 saturated carbocycles. The molecule has 0 aromatic heterocycles. The lowest BCUT2D eigenvalue weighted by atomic mass is 10.1. The zero-order valence-corrected chi connectivity index (χ0v) is 11.3. The highest BCUT2D eigenvalue weighted by Gasteiger charge is 2.35. The van der Waals surface area contributed by atoms with Gasteiger partial charge in [-0.05, 0) is 26.8 Å². The summed E-state index contributed by atoms with van der Waals surface area (Å²) in [6.07, 6.45) is 4.47. The number of thioether (sulfide) groups is 1. The van der Waals surface area contributed by atoms with Gasteiger partial charge in [-0.3, -0.25) is 9.59 Å². The van der Waals surface area contributed by atoms with Crippen molar-refractivity contribution in [3.8, 4) is 0 Å². The van der Waals surface area contributed by atoms with Gasteiger partial charge in [-0.25, -0.2) is 0 Å². The molecule has 0 aliphatic rings. The number of carbonyl (C=O) groups is 2. The van der Waals surface area contributed by atoms with Crippen LogP contribution in [0.4, 0.5) is 0 Å². The Morgan fingerprint density at radius 2 is 1.94 bits per heavy atom. The number of hydrogen-bond acceptors (Lipinski definition) is 4. The van der Waals surface area contributed by atoms with E-state index in [2.05, 4.69) is 13.2 Å². The highest BCUT2D eigenvalue weighted by Crippen LogP contribution is 2.30. The average molecular weight is 254 g/mol. The van der Waals surface area contributed by atoms with Gasteiger partial charge in [0.15, 0.2) is 0 Å². The number of esters is 1. The van der Waals surface area contributed by atoms with E-state index in [1.165, 1.54) is 6.08 Å². The van der Waals surface area contributed by atoms with Gasteiger partial charge in [0.1, 0.15) is 4.75 Å². The first-order valence-electron chi connectivity index (χ1n) is 5.24. The summed E-state index contributed by atoms with van der Waals surface area (Å²) in [5.74, 6) is -0.443. The number of allylic oxidation sites excluding steroid dienone is 2. The van der Waals surface area contributed by atoms with Crippen LogP contribution in [0.2, 0.25) is 0 Å². The Morgan fingerprint density at radius 1 is 1.35 bits per heavy atom. The van der Waals surface area contributed by atoms with Crippen LogP contribution >= 0.6 is 11.8 Å². The van der Waals surface area contributed by atoms with Crippen LogP contribution in [0, 0.1) is 0 Å². The first kappa shape index (κ1) is 15.7. The molecule has 0 radical (unpaired) electrons. The first-order valence-corrected chi connectivity index (χ1v) is 6.05. The van der Waals surface area contributed by atoms with Gasteiger partial charge in [-0.1, -0.05) is 42.6 Å². The fourth-order valence-corrected chi connectivity index (χ4v) is 2.04. The third kappa shape index (κ3) is 5.04. The summed E-state index contributed by atoms with van der Waals surface area (Å²) < 4.78 is 3.93. The normalized spacial score (nSPS) is 14.6. The van der Waals surface area contributed by atoms with E-state index in [4.69, 9.17) is 4.74 Å². The summed E-state index contributed by atoms with van der Waals surface area (Å²) in [5, 5.41) is -0.270. The fraction of sp³-hybridized carbons (Fsp3) is 0.385. The van der Waals surface area contributed by atoms with Crippen molar-refractivity contribution in [3.05, 3.63) is 37.0 Å². The van der Waals surface area contributed by atoms with Crippen molar-refractivity contribution >= 4 is 22.8 Å². The summed E-state index contributed by atoms with van der Waals surface area (Å²) in [6.45, 7) is 12.5. The molecule has 1 atom stereocenters. The Balaban J connectivity index is 5.19. The third-order valence-electron chi connectivity index (χ3n) is 1.99. The van der Waals surface area contributed by atoms with Crippen LogP contribution in [0.1, 0.15) is 20.8 Å². The van der Waals surface area contributed by atoms with Crippen LogP contribution in [0.3, 0.4) is 0 Å². The molecule has 3 nitrogen and oxygen atoms in total. The molecule has 17 heavy (non-hydrogen) atoms. The lowest BCUT2D eigenvalue weighted by Gasteiger charge is -2.22. The predicted molar refractivity (Wildman–Crippen MR) is 71.8 cm³/mol. The lowest BCUT2D eigenvalue weighted by Crippen LogP contribution is -2.33. The smallest absolute Gasteiger partial charge is 0.326 e. The summed E-state index contributed by atoms with van der Waals surface area (Å²) in [6, 6.07) is 0. The van der Waals surface area contributed by atoms with Crippen LogP contribution in [0.5, 0.6) is 0 Å². The second-order valence-electron chi connectivity index (χ2n) is 3.55. The largest absolute Gasteiger partial charge is 0.465 e. The Kier molecular flexibility index (Phi) is 6.58. The van der Waals surface area contributed by atoms with Crippen molar-refractivity contribution < 1.29 is 14.3 Å². The molecule has 0 rings (SSSR count). The maximum absolute atomic E-state index is 11.9. The van der Waals surface area contributed by atoms with E-state index in [1.54, 1.807) is 26.0 Å². The molecule has 0 aromatic carbocycles. The van der Waals surface area contributed by atoms with Crippen molar-refractivity contribution in [2.75, 3.05) is 6.61 Å². The van der Waals surface area contributed by atoms with Crippen molar-refractivity contribution in [1.29, 1.82) is 0 Å². The van der Waals surface area contributed by atoms with Crippen molar-refractivity contribution in [2.24, 2.45) is 0 Å². The molecule has 0 unspecified atom stereocenters. The Morgan fingerprint density at radius 3 is 2.35 bits per heavy atom. The van der Waals surface area contributed by atoms with E-state index in [-0.39, 0.29) is 11.7 Å². The number of carbonyl (C=O) groups excluding carboxylic acids is 2. The maximum Gasteiger partial charge on any atom is 0.326 e. The SMILES string of the molecule is C=CC(=O)S[C@](C)(/C=C(\C)C=C)C(=O)OCC. The van der Waals surface area contributed by atoms with Crippen LogP contribution in [-0.2, 0) is 14.3 Å². The topological polar surface area (TPSA) is 43.4 Å². The molecule has 0 amide bonds. The molecule has 0 N–H and O–H groups in total. The van der Waals surface area contributed by atoms with Gasteiger partial charge in [-0.2, -0.15) is 0 Å². The van der Waals surface area contributed by atoms with Gasteiger partial charge in [0.05, 0.1) is 6.61 Å². The molecule has 0 aliphatic carbocycles. The van der Waals surface area contributed by atoms with Gasteiger partial charge in [0.25, 0.3) is 0 Å². The summed E-state index contributed by atoms with van der Waals surface area (Å²) in [5.41, 5.74) is 0.810. The second-order valence-corrected chi connectivity index (χ2v) is 5.00. The van der Waals surface area contributed by atoms with E-state index in [0.29, 0.717) is 0 Å². The molecule has 0 aromatic rings. The highest BCUT2D eigenvalue weighted by atomic mass is 32.2. The van der Waals surface area contributed by atoms with Gasteiger partial charge >= 0.3 is 5.97 Å². The Labute approximate surface area is 107 Å². The van der Waals surface area contributed by atoms with Crippen molar-refractivity contribution in [2.45, 2.75) is 25.5 Å². The van der Waals surface area contributed by atoms with E-state index >= 15 is 0 Å². The number of hydrogen-bond donors (Lipinski definition) is 0. The van der Waals surface area contributed by atoms with E-state index < -0.39 is 10.7 Å². The zero-order valence-electron chi connectivity index (χ0n) is 10.5. The second kappa shape index (κ2) is 7.12. The fourth-order valence-electron chi connectivity index (χ4n) is 1.15. The molecular formula is C13H18O3S. The number of rotatable bonds is 6. The zero-order chi connectivity index (χ0) is 13.5. The molecule has 4 heteroatoms. The van der Waals surface area contributed by atoms with Crippen LogP contribution in [0.15, 0.2) is 37.0 Å². The minimum atomic E-state index is -1.04. The van der Waals surface area contributed by atoms with Crippen LogP contribution in [0.25, 0.3) is 0 Å². The lowest BCUT2D eigenvalue weighted by molar-refractivity contribution is -0.144. The molecule has 0 heterocycles. The minimum absolute atomic E-state index is 0.270. The first-order chi connectivity index (χ1) is 7.89. The van der Waals surface area contributed by atoms with E-state index in [1.807, 2.05) is 6.92 Å². The van der Waals surface area contributed by atoms with E-state index in [0.717, 1.165) is 17.3 Å². The maximum atomic E-state index is 11.9. The van der Waals surface area contributed by atoms with Crippen LogP contribution in [-0.4, -0.2) is 22.4 Å². The molecule has 94 valence electrons. The monoisotopic (exact) mass is 254 g/mol. The summed E-state index contributed by atoms with van der Waals surface area (Å²) >= 11 is 0.883. The molecular weight excluding hydrogens is 236 g/mol. The standard InChI is InChI=1S/C13H18O3S/c1-6-10(4)9-13(5,12(15)16-8-3)17-11(14)7-2/h6-7,9H,1-2,8H2,3-5H3/b10-9+/t13-/m1/s1. The highest BCUT2D eigenvalue weighted by molar-refractivity contribution is 8.15. The number of ether oxygens (including phenoxy) is 1. The van der Waals surface area contributed by atoms with Gasteiger partial charge < -0.3 is 4.74 Å². The average Bonchev–Trinajstić information content (AvgIpc) is 2.28. The molecule has 0 saturated heterocycles. The van der Waals surface area contributed by atoms with Crippen molar-refractivity contribution in [1.82, 2.24) is 0 Å². The predicted octanol–water partition coefficient (Wildman–Crippen LogP) is 2.89. The van der Waals surface area contributed by atoms with Crippen molar-refractivity contribution in [3.63, 3.8) is 0 Å². The Bertz CT molecular complexity index is 358. The molecule has 0 bridgehead atoms. The van der Waals surface area contributed by atoms with Gasteiger partial charge in [0.2, 0.25) is 5.12 Å². The third-order valence-corrected chi connectivity index (χ3v) is 3.06. The van der Waals surface area contributed by atoms with Gasteiger partial charge in [-0.15, -0.1) is 0 Å². The summed E-state index contributed by atoms with van der Waals surface area (Å²) in [4.78, 5) is 23.2. The molecule has 0 aliphatic heterocycles. The minimum Gasteiger partial charge on any atom is -0.465 e. The Hall–Kier alpha value is -1.29. The summed E-state index contributed by atoms with van der Waals surface area (Å²) in [7, 11) is 0.